The average Bonchev–Trinajstić information content (AvgIpc) is 2.56. The summed E-state index contributed by atoms with van der Waals surface area (Å²) in [5.74, 6) is 0.219. The fraction of sp³-hybridized carbons (Fsp3) is 0.440. The van der Waals surface area contributed by atoms with Crippen LogP contribution in [-0.4, -0.2) is 17.2 Å². The van der Waals surface area contributed by atoms with Gasteiger partial charge in [-0.05, 0) is 67.9 Å². The third-order valence-electron chi connectivity index (χ3n) is 5.01. The number of aryl methyl sites for hydroxylation is 3. The topological polar surface area (TPSA) is 34.1 Å². The van der Waals surface area contributed by atoms with Crippen LogP contribution in [0.2, 0.25) is 10.0 Å². The summed E-state index contributed by atoms with van der Waals surface area (Å²) in [6.45, 7) is 14.5. The predicted octanol–water partition coefficient (Wildman–Crippen LogP) is 8.45. The predicted molar refractivity (Wildman–Crippen MR) is 131 cm³/mol. The van der Waals surface area contributed by atoms with E-state index >= 15 is 0 Å². The maximum absolute atomic E-state index is 13.8. The van der Waals surface area contributed by atoms with Gasteiger partial charge in [-0.2, -0.15) is 0 Å². The van der Waals surface area contributed by atoms with Crippen molar-refractivity contribution < 1.29 is 9.59 Å². The minimum Gasteiger partial charge on any atom is -0.289 e. The van der Waals surface area contributed by atoms with Crippen LogP contribution >= 0.6 is 31.1 Å². The summed E-state index contributed by atoms with van der Waals surface area (Å²) in [6.07, 6.45) is 1.45. The number of hydrogen-bond donors (Lipinski definition) is 0. The first kappa shape index (κ1) is 25.1. The van der Waals surface area contributed by atoms with Crippen molar-refractivity contribution in [1.29, 1.82) is 0 Å². The minimum absolute atomic E-state index is 0.0817. The van der Waals surface area contributed by atoms with Crippen LogP contribution < -0.4 is 0 Å². The van der Waals surface area contributed by atoms with E-state index in [1.807, 2.05) is 32.9 Å². The molecule has 0 amide bonds. The quantitative estimate of drug-likeness (QED) is 0.385. The number of hydrogen-bond acceptors (Lipinski definition) is 2. The first-order chi connectivity index (χ1) is 13.8. The first-order valence-corrected chi connectivity index (χ1v) is 12.5. The Labute approximate surface area is 192 Å². The SMILES string of the molecule is Cc1cc(C)c(C(=O)P(CC(C)CC(C)(C)C)C(=O)c2c(Cl)cccc2Cl)c(C)c1. The molecule has 2 aromatic carbocycles. The normalized spacial score (nSPS) is 13.8. The van der Waals surface area contributed by atoms with E-state index in [1.165, 1.54) is 0 Å². The molecule has 2 nitrogen and oxygen atoms in total. The molecule has 0 aliphatic rings. The van der Waals surface area contributed by atoms with Gasteiger partial charge in [0.1, 0.15) is 0 Å². The van der Waals surface area contributed by atoms with Crippen molar-refractivity contribution in [3.63, 3.8) is 0 Å². The Kier molecular flexibility index (Phi) is 8.30. The van der Waals surface area contributed by atoms with Gasteiger partial charge >= 0.3 is 0 Å². The summed E-state index contributed by atoms with van der Waals surface area (Å²) in [7, 11) is -1.65. The van der Waals surface area contributed by atoms with Crippen LogP contribution in [0.4, 0.5) is 0 Å². The van der Waals surface area contributed by atoms with Crippen LogP contribution in [0, 0.1) is 32.1 Å². The van der Waals surface area contributed by atoms with E-state index in [-0.39, 0.29) is 27.9 Å². The van der Waals surface area contributed by atoms with E-state index in [4.69, 9.17) is 23.2 Å². The molecule has 2 unspecified atom stereocenters. The van der Waals surface area contributed by atoms with Crippen molar-refractivity contribution in [3.8, 4) is 0 Å². The Morgan fingerprint density at radius 1 is 0.933 bits per heavy atom. The Balaban J connectivity index is 2.54. The number of halogens is 2. The molecule has 2 atom stereocenters. The van der Waals surface area contributed by atoms with E-state index in [2.05, 4.69) is 27.7 Å². The van der Waals surface area contributed by atoms with Gasteiger partial charge in [-0.15, -0.1) is 0 Å². The molecular formula is C25H31Cl2O2P. The Hall–Kier alpha value is -1.21. The van der Waals surface area contributed by atoms with Gasteiger partial charge < -0.3 is 0 Å². The molecule has 2 rings (SSSR count). The van der Waals surface area contributed by atoms with Crippen molar-refractivity contribution >= 4 is 42.2 Å². The number of benzene rings is 2. The summed E-state index contributed by atoms with van der Waals surface area (Å²) in [6, 6.07) is 9.01. The fourth-order valence-corrected chi connectivity index (χ4v) is 7.27. The van der Waals surface area contributed by atoms with Gasteiger partial charge in [0.2, 0.25) is 0 Å². The van der Waals surface area contributed by atoms with Gasteiger partial charge in [0, 0.05) is 13.5 Å². The lowest BCUT2D eigenvalue weighted by Crippen LogP contribution is -2.19. The summed E-state index contributed by atoms with van der Waals surface area (Å²) in [5, 5.41) is 0.599. The zero-order chi connectivity index (χ0) is 22.8. The molecule has 0 aliphatic heterocycles. The molecule has 0 fully saturated rings. The lowest BCUT2D eigenvalue weighted by atomic mass is 9.86. The van der Waals surface area contributed by atoms with E-state index < -0.39 is 7.92 Å². The maximum Gasteiger partial charge on any atom is 0.195 e. The van der Waals surface area contributed by atoms with E-state index in [9.17, 15) is 9.59 Å². The molecule has 0 radical (unpaired) electrons. The van der Waals surface area contributed by atoms with Gasteiger partial charge in [-0.25, -0.2) is 0 Å². The number of carbonyl (C=O) groups is 2. The second kappa shape index (κ2) is 9.94. The molecule has 30 heavy (non-hydrogen) atoms. The van der Waals surface area contributed by atoms with E-state index in [0.29, 0.717) is 21.8 Å². The Morgan fingerprint density at radius 2 is 1.40 bits per heavy atom. The lowest BCUT2D eigenvalue weighted by Gasteiger charge is -2.27. The largest absolute Gasteiger partial charge is 0.289 e. The number of carbonyl (C=O) groups excluding carboxylic acids is 2. The molecule has 2 aromatic rings. The third kappa shape index (κ3) is 6.16. The van der Waals surface area contributed by atoms with Gasteiger partial charge in [0.05, 0.1) is 15.6 Å². The van der Waals surface area contributed by atoms with Gasteiger partial charge in [0.25, 0.3) is 0 Å². The maximum atomic E-state index is 13.8. The van der Waals surface area contributed by atoms with Crippen molar-refractivity contribution in [2.75, 3.05) is 6.16 Å². The van der Waals surface area contributed by atoms with Crippen LogP contribution in [-0.2, 0) is 0 Å². The first-order valence-electron chi connectivity index (χ1n) is 10.2. The van der Waals surface area contributed by atoms with Crippen molar-refractivity contribution in [2.24, 2.45) is 11.3 Å². The van der Waals surface area contributed by atoms with Crippen molar-refractivity contribution in [3.05, 3.63) is 68.2 Å². The Morgan fingerprint density at radius 3 is 1.87 bits per heavy atom. The molecule has 0 saturated heterocycles. The second-order valence-corrected chi connectivity index (χ2v) is 12.3. The summed E-state index contributed by atoms with van der Waals surface area (Å²) >= 11 is 12.7. The van der Waals surface area contributed by atoms with Crippen molar-refractivity contribution in [2.45, 2.75) is 54.9 Å². The molecule has 0 aliphatic carbocycles. The highest BCUT2D eigenvalue weighted by atomic mass is 35.5. The lowest BCUT2D eigenvalue weighted by molar-refractivity contribution is 0.105. The molecule has 0 bridgehead atoms. The molecule has 0 spiro atoms. The number of rotatable bonds is 7. The molecule has 0 saturated carbocycles. The smallest absolute Gasteiger partial charge is 0.195 e. The zero-order valence-electron chi connectivity index (χ0n) is 18.9. The van der Waals surface area contributed by atoms with Crippen LogP contribution in [0.1, 0.15) is 71.5 Å². The highest BCUT2D eigenvalue weighted by molar-refractivity contribution is 7.90. The van der Waals surface area contributed by atoms with E-state index in [0.717, 1.165) is 23.1 Å². The van der Waals surface area contributed by atoms with Crippen molar-refractivity contribution in [1.82, 2.24) is 0 Å². The summed E-state index contributed by atoms with van der Waals surface area (Å²) in [4.78, 5) is 27.4. The minimum atomic E-state index is -1.65. The highest BCUT2D eigenvalue weighted by Crippen LogP contribution is 2.49. The molecule has 162 valence electrons. The molecule has 0 aromatic heterocycles. The van der Waals surface area contributed by atoms with Crippen LogP contribution in [0.5, 0.6) is 0 Å². The zero-order valence-corrected chi connectivity index (χ0v) is 21.3. The standard InChI is InChI=1S/C25H31Cl2O2P/c1-15-11-17(3)21(18(4)12-15)23(28)30(14-16(2)13-25(5,6)7)24(29)22-19(26)9-8-10-20(22)27/h8-12,16H,13-14H2,1-7H3. The second-order valence-electron chi connectivity index (χ2n) is 9.46. The average molecular weight is 465 g/mol. The van der Waals surface area contributed by atoms with Crippen LogP contribution in [0.3, 0.4) is 0 Å². The molecule has 5 heteroatoms. The molecular weight excluding hydrogens is 434 g/mol. The summed E-state index contributed by atoms with van der Waals surface area (Å²) in [5.41, 5.74) is 3.65. The van der Waals surface area contributed by atoms with Gasteiger partial charge in [-0.3, -0.25) is 9.59 Å². The highest BCUT2D eigenvalue weighted by Gasteiger charge is 2.34. The fourth-order valence-electron chi connectivity index (χ4n) is 4.17. The monoisotopic (exact) mass is 464 g/mol. The van der Waals surface area contributed by atoms with Gasteiger partial charge in [-0.1, -0.05) is 74.7 Å². The van der Waals surface area contributed by atoms with Crippen LogP contribution in [0.25, 0.3) is 0 Å². The van der Waals surface area contributed by atoms with E-state index in [1.54, 1.807) is 18.2 Å². The van der Waals surface area contributed by atoms with Gasteiger partial charge in [0.15, 0.2) is 11.0 Å². The molecule has 0 N–H and O–H groups in total. The third-order valence-corrected chi connectivity index (χ3v) is 8.06. The molecule has 0 heterocycles. The Bertz CT molecular complexity index is 917. The van der Waals surface area contributed by atoms with Crippen LogP contribution in [0.15, 0.2) is 30.3 Å². The summed E-state index contributed by atoms with van der Waals surface area (Å²) < 4.78 is 0.